The van der Waals surface area contributed by atoms with Gasteiger partial charge in [-0.2, -0.15) is 5.10 Å². The molecule has 0 spiro atoms. The minimum Gasteiger partial charge on any atom is -0.479 e. The Bertz CT molecular complexity index is 952. The summed E-state index contributed by atoms with van der Waals surface area (Å²) in [6, 6.07) is 11.8. The summed E-state index contributed by atoms with van der Waals surface area (Å²) in [5.41, 5.74) is 3.36. The van der Waals surface area contributed by atoms with Crippen molar-refractivity contribution in [3.05, 3.63) is 58.1 Å². The number of benzene rings is 2. The lowest BCUT2D eigenvalue weighted by atomic mass is 10.0. The molecule has 0 bridgehead atoms. The first-order chi connectivity index (χ1) is 15.2. The molecule has 0 heterocycles. The molecule has 2 amide bonds. The minimum absolute atomic E-state index is 0.177. The van der Waals surface area contributed by atoms with E-state index in [-0.39, 0.29) is 5.92 Å². The zero-order chi connectivity index (χ0) is 23.7. The molecule has 172 valence electrons. The summed E-state index contributed by atoms with van der Waals surface area (Å²) < 4.78 is 5.64. The van der Waals surface area contributed by atoms with E-state index in [2.05, 4.69) is 15.8 Å². The van der Waals surface area contributed by atoms with Crippen molar-refractivity contribution in [3.63, 3.8) is 0 Å². The minimum atomic E-state index is -0.866. The number of hydrazone groups is 1. The maximum atomic E-state index is 12.7. The number of hydrogen-bond acceptors (Lipinski definition) is 5. The number of hydrogen-bond donors (Lipinski definition) is 2. The fraction of sp³-hybridized carbons (Fsp3) is 0.348. The van der Waals surface area contributed by atoms with Crippen LogP contribution in [0.25, 0.3) is 0 Å². The number of nitrogens with one attached hydrogen (secondary N) is 2. The van der Waals surface area contributed by atoms with Crippen LogP contribution in [0.15, 0.2) is 52.5 Å². The van der Waals surface area contributed by atoms with Gasteiger partial charge >= 0.3 is 0 Å². The Hall–Kier alpha value is -2.22. The average molecular weight is 496 g/mol. The standard InChI is InChI=1S/C23H27Cl2N3O3S/c1-14(2)11-20(23(30)28-26-13-16-5-8-18(32-4)9-6-16)27-22(29)15(3)31-21-10-7-17(24)12-19(21)25/h5-10,12-15,20H,11H2,1-4H3,(H,27,29)(H,28,30)/b26-13-/t15-,20-/m0/s1. The summed E-state index contributed by atoms with van der Waals surface area (Å²) in [7, 11) is 0. The molecule has 0 radical (unpaired) electrons. The van der Waals surface area contributed by atoms with E-state index in [1.165, 1.54) is 6.07 Å². The van der Waals surface area contributed by atoms with Gasteiger partial charge in [0.2, 0.25) is 0 Å². The van der Waals surface area contributed by atoms with Crippen molar-refractivity contribution < 1.29 is 14.3 Å². The molecule has 0 aliphatic carbocycles. The highest BCUT2D eigenvalue weighted by Gasteiger charge is 2.25. The molecule has 9 heteroatoms. The van der Waals surface area contributed by atoms with Crippen molar-refractivity contribution >= 4 is 53.0 Å². The van der Waals surface area contributed by atoms with Gasteiger partial charge in [0.25, 0.3) is 11.8 Å². The number of nitrogens with zero attached hydrogens (tertiary/aromatic N) is 1. The van der Waals surface area contributed by atoms with Gasteiger partial charge in [-0.1, -0.05) is 49.2 Å². The first-order valence-electron chi connectivity index (χ1n) is 10.1. The van der Waals surface area contributed by atoms with Gasteiger partial charge in [0.05, 0.1) is 11.2 Å². The number of rotatable bonds is 10. The molecule has 2 aromatic rings. The summed E-state index contributed by atoms with van der Waals surface area (Å²) >= 11 is 13.6. The van der Waals surface area contributed by atoms with Crippen molar-refractivity contribution in [3.8, 4) is 5.75 Å². The SMILES string of the molecule is CSc1ccc(/C=N\NC(=O)[C@H](CC(C)C)NC(=O)[C@H](C)Oc2ccc(Cl)cc2Cl)cc1. The van der Waals surface area contributed by atoms with Crippen LogP contribution in [0.4, 0.5) is 0 Å². The highest BCUT2D eigenvalue weighted by Crippen LogP contribution is 2.28. The van der Waals surface area contributed by atoms with E-state index in [9.17, 15) is 9.59 Å². The zero-order valence-corrected chi connectivity index (χ0v) is 20.7. The molecule has 2 N–H and O–H groups in total. The van der Waals surface area contributed by atoms with Gasteiger partial charge in [0, 0.05) is 9.92 Å². The van der Waals surface area contributed by atoms with Crippen LogP contribution in [-0.2, 0) is 9.59 Å². The molecule has 0 saturated heterocycles. The second-order valence-corrected chi connectivity index (χ2v) is 9.26. The summed E-state index contributed by atoms with van der Waals surface area (Å²) in [5, 5.41) is 7.53. The summed E-state index contributed by atoms with van der Waals surface area (Å²) in [6.45, 7) is 5.52. The fourth-order valence-electron chi connectivity index (χ4n) is 2.75. The van der Waals surface area contributed by atoms with Gasteiger partial charge < -0.3 is 10.1 Å². The molecule has 6 nitrogen and oxygen atoms in total. The van der Waals surface area contributed by atoms with Crippen molar-refractivity contribution in [1.82, 2.24) is 10.7 Å². The average Bonchev–Trinajstić information content (AvgIpc) is 2.75. The van der Waals surface area contributed by atoms with Gasteiger partial charge in [0.15, 0.2) is 6.10 Å². The highest BCUT2D eigenvalue weighted by molar-refractivity contribution is 7.98. The predicted molar refractivity (Wildman–Crippen MR) is 132 cm³/mol. The molecule has 0 unspecified atom stereocenters. The number of amides is 2. The lowest BCUT2D eigenvalue weighted by Crippen LogP contribution is -2.49. The van der Waals surface area contributed by atoms with Gasteiger partial charge in [-0.3, -0.25) is 9.59 Å². The fourth-order valence-corrected chi connectivity index (χ4v) is 3.61. The van der Waals surface area contributed by atoms with Crippen LogP contribution in [0.2, 0.25) is 10.0 Å². The first-order valence-corrected chi connectivity index (χ1v) is 12.1. The van der Waals surface area contributed by atoms with Crippen LogP contribution < -0.4 is 15.5 Å². The topological polar surface area (TPSA) is 79.8 Å². The van der Waals surface area contributed by atoms with Crippen LogP contribution in [0, 0.1) is 5.92 Å². The van der Waals surface area contributed by atoms with Crippen molar-refractivity contribution in [2.75, 3.05) is 6.26 Å². The Kier molecular flexibility index (Phi) is 10.4. The van der Waals surface area contributed by atoms with Crippen LogP contribution in [-0.4, -0.2) is 36.4 Å². The van der Waals surface area contributed by atoms with E-state index in [0.29, 0.717) is 22.2 Å². The van der Waals surface area contributed by atoms with E-state index in [4.69, 9.17) is 27.9 Å². The molecular formula is C23H27Cl2N3O3S. The van der Waals surface area contributed by atoms with Gasteiger partial charge in [0.1, 0.15) is 11.8 Å². The zero-order valence-electron chi connectivity index (χ0n) is 18.4. The van der Waals surface area contributed by atoms with Crippen molar-refractivity contribution in [2.24, 2.45) is 11.0 Å². The van der Waals surface area contributed by atoms with Gasteiger partial charge in [-0.15, -0.1) is 11.8 Å². The van der Waals surface area contributed by atoms with E-state index in [1.807, 2.05) is 44.4 Å². The van der Waals surface area contributed by atoms with Crippen LogP contribution >= 0.6 is 35.0 Å². The largest absolute Gasteiger partial charge is 0.479 e. The van der Waals surface area contributed by atoms with E-state index in [0.717, 1.165) is 10.5 Å². The molecular weight excluding hydrogens is 469 g/mol. The number of carbonyl (C=O) groups is 2. The number of halogens is 2. The number of thioether (sulfide) groups is 1. The number of carbonyl (C=O) groups excluding carboxylic acids is 2. The summed E-state index contributed by atoms with van der Waals surface area (Å²) in [6.07, 6.45) is 3.14. The molecule has 0 saturated carbocycles. The Balaban J connectivity index is 1.98. The maximum absolute atomic E-state index is 12.7. The summed E-state index contributed by atoms with van der Waals surface area (Å²) in [4.78, 5) is 26.5. The van der Waals surface area contributed by atoms with E-state index < -0.39 is 24.0 Å². The Morgan fingerprint density at radius 1 is 1.09 bits per heavy atom. The molecule has 32 heavy (non-hydrogen) atoms. The Morgan fingerprint density at radius 3 is 2.38 bits per heavy atom. The molecule has 0 aliphatic rings. The molecule has 0 aromatic heterocycles. The third-order valence-electron chi connectivity index (χ3n) is 4.41. The normalized spacial score (nSPS) is 13.1. The lowest BCUT2D eigenvalue weighted by molar-refractivity contribution is -0.132. The predicted octanol–water partition coefficient (Wildman–Crippen LogP) is 5.16. The second-order valence-electron chi connectivity index (χ2n) is 7.53. The molecule has 2 atom stereocenters. The number of ether oxygens (including phenoxy) is 1. The summed E-state index contributed by atoms with van der Waals surface area (Å²) in [5.74, 6) is -0.328. The smallest absolute Gasteiger partial charge is 0.262 e. The first kappa shape index (κ1) is 26.0. The molecule has 2 aromatic carbocycles. The van der Waals surface area contributed by atoms with Crippen LogP contribution in [0.5, 0.6) is 5.75 Å². The van der Waals surface area contributed by atoms with Crippen LogP contribution in [0.3, 0.4) is 0 Å². The van der Waals surface area contributed by atoms with Crippen LogP contribution in [0.1, 0.15) is 32.8 Å². The monoisotopic (exact) mass is 495 g/mol. The molecule has 0 aliphatic heterocycles. The van der Waals surface area contributed by atoms with E-state index >= 15 is 0 Å². The highest BCUT2D eigenvalue weighted by atomic mass is 35.5. The third-order valence-corrected chi connectivity index (χ3v) is 5.69. The maximum Gasteiger partial charge on any atom is 0.262 e. The van der Waals surface area contributed by atoms with E-state index in [1.54, 1.807) is 37.0 Å². The Morgan fingerprint density at radius 2 is 1.78 bits per heavy atom. The van der Waals surface area contributed by atoms with Gasteiger partial charge in [-0.25, -0.2) is 5.43 Å². The Labute approximate surface area is 203 Å². The lowest BCUT2D eigenvalue weighted by Gasteiger charge is -2.22. The molecule has 2 rings (SSSR count). The van der Waals surface area contributed by atoms with Crippen molar-refractivity contribution in [2.45, 2.75) is 44.2 Å². The third kappa shape index (κ3) is 8.37. The second kappa shape index (κ2) is 12.7. The quantitative estimate of drug-likeness (QED) is 0.271. The van der Waals surface area contributed by atoms with Gasteiger partial charge in [-0.05, 0) is 61.4 Å². The molecule has 0 fully saturated rings. The van der Waals surface area contributed by atoms with Crippen molar-refractivity contribution in [1.29, 1.82) is 0 Å².